The Morgan fingerprint density at radius 1 is 0.615 bits per heavy atom. The van der Waals surface area contributed by atoms with Crippen molar-refractivity contribution in [2.24, 2.45) is 0 Å². The summed E-state index contributed by atoms with van der Waals surface area (Å²) in [6.45, 7) is 1.07. The Bertz CT molecular complexity index is 788. The van der Waals surface area contributed by atoms with Crippen LogP contribution in [0.15, 0.2) is 78.9 Å². The van der Waals surface area contributed by atoms with Gasteiger partial charge < -0.3 is 19.3 Å². The van der Waals surface area contributed by atoms with Gasteiger partial charge >= 0.3 is 0 Å². The van der Waals surface area contributed by atoms with Crippen molar-refractivity contribution in [3.8, 4) is 17.2 Å². The topological polar surface area (TPSA) is 47.9 Å². The lowest BCUT2D eigenvalue weighted by atomic mass is 10.2. The Morgan fingerprint density at radius 3 is 1.85 bits per heavy atom. The first kappa shape index (κ1) is 17.8. The number of hydrogen-bond acceptors (Lipinski definition) is 4. The molecule has 0 spiro atoms. The first-order chi connectivity index (χ1) is 12.8. The number of hydrogen-bond donors (Lipinski definition) is 1. The van der Waals surface area contributed by atoms with E-state index in [0.717, 1.165) is 11.1 Å². The Labute approximate surface area is 153 Å². The monoisotopic (exact) mass is 350 g/mol. The van der Waals surface area contributed by atoms with Crippen LogP contribution in [0.4, 0.5) is 0 Å². The van der Waals surface area contributed by atoms with Crippen molar-refractivity contribution in [1.29, 1.82) is 0 Å². The van der Waals surface area contributed by atoms with Gasteiger partial charge in [0.25, 0.3) is 0 Å². The van der Waals surface area contributed by atoms with Crippen LogP contribution in [0.3, 0.4) is 0 Å². The molecule has 0 unspecified atom stereocenters. The number of benzene rings is 3. The first-order valence-corrected chi connectivity index (χ1v) is 8.56. The zero-order valence-corrected chi connectivity index (χ0v) is 14.5. The van der Waals surface area contributed by atoms with Crippen molar-refractivity contribution >= 4 is 0 Å². The molecule has 3 aromatic rings. The highest BCUT2D eigenvalue weighted by Crippen LogP contribution is 2.32. The van der Waals surface area contributed by atoms with E-state index >= 15 is 0 Å². The van der Waals surface area contributed by atoms with E-state index < -0.39 is 0 Å². The van der Waals surface area contributed by atoms with Crippen LogP contribution in [0.1, 0.15) is 11.1 Å². The molecule has 3 rings (SSSR count). The minimum absolute atomic E-state index is 0.0512. The van der Waals surface area contributed by atoms with Gasteiger partial charge in [-0.25, -0.2) is 0 Å². The van der Waals surface area contributed by atoms with Gasteiger partial charge in [-0.1, -0.05) is 60.7 Å². The molecule has 0 amide bonds. The standard InChI is InChI=1S/C22H22O4/c23-13-14-24-21-12-11-20(25-16-18-7-3-1-4-8-18)15-22(21)26-17-19-9-5-2-6-10-19/h1-12,15,23H,13-14,16-17H2. The minimum atomic E-state index is -0.0512. The fourth-order valence-electron chi connectivity index (χ4n) is 2.44. The second-order valence-corrected chi connectivity index (χ2v) is 5.73. The predicted octanol–water partition coefficient (Wildman–Crippen LogP) is 4.22. The third kappa shape index (κ3) is 5.26. The van der Waals surface area contributed by atoms with Gasteiger partial charge in [0.05, 0.1) is 6.61 Å². The summed E-state index contributed by atoms with van der Waals surface area (Å²) >= 11 is 0. The summed E-state index contributed by atoms with van der Waals surface area (Å²) in [5, 5.41) is 9.00. The normalized spacial score (nSPS) is 10.3. The zero-order valence-electron chi connectivity index (χ0n) is 14.5. The van der Waals surface area contributed by atoms with E-state index in [0.29, 0.717) is 30.5 Å². The molecule has 0 saturated heterocycles. The van der Waals surface area contributed by atoms with E-state index in [2.05, 4.69) is 0 Å². The van der Waals surface area contributed by atoms with Crippen LogP contribution in [0, 0.1) is 0 Å². The smallest absolute Gasteiger partial charge is 0.165 e. The second-order valence-electron chi connectivity index (χ2n) is 5.73. The van der Waals surface area contributed by atoms with Crippen LogP contribution in [-0.2, 0) is 13.2 Å². The van der Waals surface area contributed by atoms with Crippen molar-refractivity contribution in [2.45, 2.75) is 13.2 Å². The number of ether oxygens (including phenoxy) is 3. The number of rotatable bonds is 9. The van der Waals surface area contributed by atoms with Gasteiger partial charge in [0.2, 0.25) is 0 Å². The molecule has 134 valence electrons. The molecule has 0 aliphatic rings. The highest BCUT2D eigenvalue weighted by Gasteiger charge is 2.09. The van der Waals surface area contributed by atoms with Gasteiger partial charge in [0, 0.05) is 6.07 Å². The van der Waals surface area contributed by atoms with E-state index in [-0.39, 0.29) is 13.2 Å². The molecule has 0 bridgehead atoms. The quantitative estimate of drug-likeness (QED) is 0.628. The van der Waals surface area contributed by atoms with E-state index in [1.165, 1.54) is 0 Å². The fourth-order valence-corrected chi connectivity index (χ4v) is 2.44. The Hall–Kier alpha value is -2.98. The van der Waals surface area contributed by atoms with E-state index in [1.807, 2.05) is 72.8 Å². The molecule has 0 aromatic heterocycles. The second kappa shape index (κ2) is 9.49. The van der Waals surface area contributed by atoms with Crippen molar-refractivity contribution in [1.82, 2.24) is 0 Å². The summed E-state index contributed by atoms with van der Waals surface area (Å²) in [6.07, 6.45) is 0. The molecular formula is C22H22O4. The molecule has 26 heavy (non-hydrogen) atoms. The van der Waals surface area contributed by atoms with Crippen LogP contribution < -0.4 is 14.2 Å². The Kier molecular flexibility index (Phi) is 6.51. The third-order valence-electron chi connectivity index (χ3n) is 3.75. The van der Waals surface area contributed by atoms with E-state index in [1.54, 1.807) is 6.07 Å². The Balaban J connectivity index is 1.70. The van der Waals surface area contributed by atoms with Gasteiger partial charge in [-0.15, -0.1) is 0 Å². The summed E-state index contributed by atoms with van der Waals surface area (Å²) in [5.74, 6) is 1.88. The van der Waals surface area contributed by atoms with Crippen molar-refractivity contribution in [3.05, 3.63) is 90.0 Å². The lowest BCUT2D eigenvalue weighted by molar-refractivity contribution is 0.191. The lowest BCUT2D eigenvalue weighted by Gasteiger charge is -2.14. The fraction of sp³-hybridized carbons (Fsp3) is 0.182. The summed E-state index contributed by atoms with van der Waals surface area (Å²) in [6, 6.07) is 25.4. The molecule has 4 heteroatoms. The molecule has 0 radical (unpaired) electrons. The predicted molar refractivity (Wildman–Crippen MR) is 101 cm³/mol. The summed E-state index contributed by atoms with van der Waals surface area (Å²) < 4.78 is 17.3. The van der Waals surface area contributed by atoms with Crippen LogP contribution in [0.2, 0.25) is 0 Å². The van der Waals surface area contributed by atoms with Crippen molar-refractivity contribution < 1.29 is 19.3 Å². The molecular weight excluding hydrogens is 328 g/mol. The maximum atomic E-state index is 9.00. The Morgan fingerprint density at radius 2 is 1.23 bits per heavy atom. The molecule has 1 N–H and O–H groups in total. The van der Waals surface area contributed by atoms with E-state index in [9.17, 15) is 0 Å². The summed E-state index contributed by atoms with van der Waals surface area (Å²) in [7, 11) is 0. The molecule has 0 aliphatic heterocycles. The van der Waals surface area contributed by atoms with Crippen LogP contribution in [0.25, 0.3) is 0 Å². The molecule has 3 aromatic carbocycles. The average molecular weight is 350 g/mol. The summed E-state index contributed by atoms with van der Waals surface area (Å²) in [5.41, 5.74) is 2.16. The summed E-state index contributed by atoms with van der Waals surface area (Å²) in [4.78, 5) is 0. The van der Waals surface area contributed by atoms with Gasteiger partial charge in [-0.3, -0.25) is 0 Å². The van der Waals surface area contributed by atoms with Crippen LogP contribution in [0.5, 0.6) is 17.2 Å². The molecule has 0 aliphatic carbocycles. The number of aliphatic hydroxyl groups excluding tert-OH is 1. The number of aliphatic hydroxyl groups is 1. The average Bonchev–Trinajstić information content (AvgIpc) is 2.71. The highest BCUT2D eigenvalue weighted by atomic mass is 16.5. The lowest BCUT2D eigenvalue weighted by Crippen LogP contribution is -2.05. The van der Waals surface area contributed by atoms with Crippen LogP contribution >= 0.6 is 0 Å². The minimum Gasteiger partial charge on any atom is -0.489 e. The van der Waals surface area contributed by atoms with Gasteiger partial charge in [0.1, 0.15) is 25.6 Å². The zero-order chi connectivity index (χ0) is 18.0. The van der Waals surface area contributed by atoms with Crippen LogP contribution in [-0.4, -0.2) is 18.3 Å². The van der Waals surface area contributed by atoms with Gasteiger partial charge in [0.15, 0.2) is 11.5 Å². The van der Waals surface area contributed by atoms with Crippen molar-refractivity contribution in [2.75, 3.05) is 13.2 Å². The molecule has 4 nitrogen and oxygen atoms in total. The SMILES string of the molecule is OCCOc1ccc(OCc2ccccc2)cc1OCc1ccccc1. The van der Waals surface area contributed by atoms with E-state index in [4.69, 9.17) is 19.3 Å². The van der Waals surface area contributed by atoms with Gasteiger partial charge in [-0.2, -0.15) is 0 Å². The maximum absolute atomic E-state index is 9.00. The molecule has 0 fully saturated rings. The molecule has 0 heterocycles. The van der Waals surface area contributed by atoms with Gasteiger partial charge in [-0.05, 0) is 23.3 Å². The first-order valence-electron chi connectivity index (χ1n) is 8.56. The highest BCUT2D eigenvalue weighted by molar-refractivity contribution is 5.45. The maximum Gasteiger partial charge on any atom is 0.165 e. The third-order valence-corrected chi connectivity index (χ3v) is 3.75. The largest absolute Gasteiger partial charge is 0.489 e. The molecule has 0 saturated carbocycles. The molecule has 0 atom stereocenters. The van der Waals surface area contributed by atoms with Crippen molar-refractivity contribution in [3.63, 3.8) is 0 Å².